The summed E-state index contributed by atoms with van der Waals surface area (Å²) >= 11 is 6.45. The molecule has 0 aliphatic heterocycles. The van der Waals surface area contributed by atoms with Crippen LogP contribution in [0, 0.1) is 12.3 Å². The molecular weight excluding hydrogens is 508 g/mol. The molecule has 2 aromatic carbocycles. The van der Waals surface area contributed by atoms with Crippen LogP contribution >= 0.6 is 11.6 Å². The largest absolute Gasteiger partial charge is 0.493 e. The average molecular weight is 533 g/mol. The predicted octanol–water partition coefficient (Wildman–Crippen LogP) is 5.76. The molecule has 194 valence electrons. The SMILES string of the molecule is COc1cc2nccc(Oc3ncc(NC(=O)C4(C(=O)Nc5ccc(C)cc5)CC4)cc3Cl)c2cc1OC. The quantitative estimate of drug-likeness (QED) is 0.277. The molecule has 0 atom stereocenters. The molecule has 0 spiro atoms. The van der Waals surface area contributed by atoms with Crippen molar-refractivity contribution in [3.63, 3.8) is 0 Å². The molecule has 2 amide bonds. The molecule has 0 unspecified atom stereocenters. The standard InChI is InChI=1S/C28H25ClN4O5/c1-16-4-6-17(7-5-16)32-26(34)28(9-10-28)27(35)33-18-12-20(29)25(31-15-18)38-22-8-11-30-21-14-24(37-3)23(36-2)13-19(21)22/h4-8,11-15H,9-10H2,1-3H3,(H,32,34)(H,33,35). The Morgan fingerprint density at radius 2 is 1.53 bits per heavy atom. The van der Waals surface area contributed by atoms with E-state index in [1.807, 2.05) is 31.2 Å². The minimum Gasteiger partial charge on any atom is -0.493 e. The zero-order valence-electron chi connectivity index (χ0n) is 21.0. The van der Waals surface area contributed by atoms with E-state index in [-0.39, 0.29) is 16.8 Å². The van der Waals surface area contributed by atoms with Crippen molar-refractivity contribution in [1.29, 1.82) is 0 Å². The molecule has 1 aliphatic carbocycles. The van der Waals surface area contributed by atoms with Crippen LogP contribution in [0.15, 0.2) is 60.9 Å². The fourth-order valence-corrected chi connectivity index (χ4v) is 4.23. The summed E-state index contributed by atoms with van der Waals surface area (Å²) in [7, 11) is 3.10. The van der Waals surface area contributed by atoms with Gasteiger partial charge in [-0.25, -0.2) is 4.98 Å². The average Bonchev–Trinajstić information content (AvgIpc) is 3.73. The molecule has 4 aromatic rings. The molecule has 1 aliphatic rings. The molecule has 2 N–H and O–H groups in total. The number of aryl methyl sites for hydroxylation is 1. The Kier molecular flexibility index (Phi) is 6.77. The smallest absolute Gasteiger partial charge is 0.240 e. The van der Waals surface area contributed by atoms with Crippen LogP contribution < -0.4 is 24.8 Å². The molecule has 10 heteroatoms. The Labute approximate surface area is 224 Å². The van der Waals surface area contributed by atoms with E-state index in [1.165, 1.54) is 12.3 Å². The number of carbonyl (C=O) groups is 2. The maximum atomic E-state index is 13.0. The molecule has 0 bridgehead atoms. The number of carbonyl (C=O) groups excluding carboxylic acids is 2. The highest BCUT2D eigenvalue weighted by atomic mass is 35.5. The van der Waals surface area contributed by atoms with Crippen LogP contribution in [-0.2, 0) is 9.59 Å². The lowest BCUT2D eigenvalue weighted by molar-refractivity contribution is -0.131. The normalized spacial score (nSPS) is 13.5. The zero-order valence-corrected chi connectivity index (χ0v) is 21.8. The number of rotatable bonds is 8. The number of fused-ring (bicyclic) bond motifs is 1. The number of nitrogens with zero attached hydrogens (tertiary/aromatic N) is 2. The van der Waals surface area contributed by atoms with E-state index in [1.54, 1.807) is 38.6 Å². The van der Waals surface area contributed by atoms with Gasteiger partial charge in [-0.1, -0.05) is 29.3 Å². The zero-order chi connectivity index (χ0) is 26.9. The highest BCUT2D eigenvalue weighted by Gasteiger charge is 2.56. The third-order valence-corrected chi connectivity index (χ3v) is 6.68. The Balaban J connectivity index is 1.31. The number of hydrogen-bond acceptors (Lipinski definition) is 7. The Morgan fingerprint density at radius 3 is 2.16 bits per heavy atom. The first kappa shape index (κ1) is 25.3. The van der Waals surface area contributed by atoms with Gasteiger partial charge in [0, 0.05) is 23.3 Å². The third kappa shape index (κ3) is 4.92. The summed E-state index contributed by atoms with van der Waals surface area (Å²) in [6.45, 7) is 1.96. The van der Waals surface area contributed by atoms with Crippen molar-refractivity contribution >= 4 is 45.7 Å². The van der Waals surface area contributed by atoms with Gasteiger partial charge in [0.2, 0.25) is 17.7 Å². The fraction of sp³-hybridized carbons (Fsp3) is 0.214. The molecule has 0 saturated heterocycles. The number of amides is 2. The number of halogens is 1. The number of benzene rings is 2. The third-order valence-electron chi connectivity index (χ3n) is 6.41. The van der Waals surface area contributed by atoms with Crippen molar-refractivity contribution in [1.82, 2.24) is 9.97 Å². The second-order valence-electron chi connectivity index (χ2n) is 9.00. The van der Waals surface area contributed by atoms with Gasteiger partial charge in [-0.3, -0.25) is 14.6 Å². The first-order valence-electron chi connectivity index (χ1n) is 11.9. The van der Waals surface area contributed by atoms with Crippen molar-refractivity contribution in [2.24, 2.45) is 5.41 Å². The van der Waals surface area contributed by atoms with E-state index in [4.69, 9.17) is 25.8 Å². The van der Waals surface area contributed by atoms with Crippen molar-refractivity contribution in [3.8, 4) is 23.1 Å². The van der Waals surface area contributed by atoms with E-state index < -0.39 is 11.3 Å². The Hall–Kier alpha value is -4.37. The molecule has 5 rings (SSSR count). The monoisotopic (exact) mass is 532 g/mol. The van der Waals surface area contributed by atoms with Gasteiger partial charge in [-0.05, 0) is 50.1 Å². The number of aromatic nitrogens is 2. The van der Waals surface area contributed by atoms with E-state index in [0.717, 1.165) is 5.56 Å². The molecule has 2 aromatic heterocycles. The Bertz CT molecular complexity index is 1540. The number of anilines is 2. The maximum absolute atomic E-state index is 13.0. The van der Waals surface area contributed by atoms with Gasteiger partial charge in [-0.15, -0.1) is 0 Å². The molecule has 1 fully saturated rings. The summed E-state index contributed by atoms with van der Waals surface area (Å²) in [5, 5.41) is 6.46. The number of methoxy groups -OCH3 is 2. The first-order chi connectivity index (χ1) is 18.3. The lowest BCUT2D eigenvalue weighted by Crippen LogP contribution is -2.35. The van der Waals surface area contributed by atoms with E-state index in [2.05, 4.69) is 20.6 Å². The van der Waals surface area contributed by atoms with Gasteiger partial charge in [0.1, 0.15) is 16.2 Å². The number of pyridine rings is 2. The highest BCUT2D eigenvalue weighted by molar-refractivity contribution is 6.32. The van der Waals surface area contributed by atoms with Crippen LogP contribution in [0.3, 0.4) is 0 Å². The molecule has 2 heterocycles. The minimum atomic E-state index is -1.12. The van der Waals surface area contributed by atoms with Crippen molar-refractivity contribution in [2.75, 3.05) is 24.9 Å². The van der Waals surface area contributed by atoms with Gasteiger partial charge >= 0.3 is 0 Å². The van der Waals surface area contributed by atoms with Crippen LogP contribution in [0.25, 0.3) is 10.9 Å². The summed E-state index contributed by atoms with van der Waals surface area (Å²) < 4.78 is 16.7. The second-order valence-corrected chi connectivity index (χ2v) is 9.41. The number of nitrogens with one attached hydrogen (secondary N) is 2. The van der Waals surface area contributed by atoms with Crippen LogP contribution in [0.4, 0.5) is 11.4 Å². The summed E-state index contributed by atoms with van der Waals surface area (Å²) in [5.74, 6) is 0.929. The van der Waals surface area contributed by atoms with Gasteiger partial charge < -0.3 is 24.8 Å². The number of ether oxygens (including phenoxy) is 3. The van der Waals surface area contributed by atoms with Gasteiger partial charge in [0.05, 0.1) is 31.6 Å². The van der Waals surface area contributed by atoms with Crippen molar-refractivity contribution in [2.45, 2.75) is 19.8 Å². The summed E-state index contributed by atoms with van der Waals surface area (Å²) in [5.41, 5.74) is 1.59. The topological polar surface area (TPSA) is 112 Å². The van der Waals surface area contributed by atoms with Crippen LogP contribution in [0.1, 0.15) is 18.4 Å². The van der Waals surface area contributed by atoms with E-state index >= 15 is 0 Å². The van der Waals surface area contributed by atoms with Gasteiger partial charge in [-0.2, -0.15) is 0 Å². The van der Waals surface area contributed by atoms with Crippen molar-refractivity contribution < 1.29 is 23.8 Å². The molecule has 1 saturated carbocycles. The van der Waals surface area contributed by atoms with Crippen LogP contribution in [0.2, 0.25) is 5.02 Å². The first-order valence-corrected chi connectivity index (χ1v) is 12.2. The maximum Gasteiger partial charge on any atom is 0.240 e. The molecular formula is C28H25ClN4O5. The van der Waals surface area contributed by atoms with Crippen LogP contribution in [-0.4, -0.2) is 36.0 Å². The summed E-state index contributed by atoms with van der Waals surface area (Å²) in [6, 6.07) is 14.1. The summed E-state index contributed by atoms with van der Waals surface area (Å²) in [6.07, 6.45) is 3.95. The molecule has 9 nitrogen and oxygen atoms in total. The lowest BCUT2D eigenvalue weighted by atomic mass is 10.0. The van der Waals surface area contributed by atoms with E-state index in [9.17, 15) is 9.59 Å². The summed E-state index contributed by atoms with van der Waals surface area (Å²) in [4.78, 5) is 34.5. The minimum absolute atomic E-state index is 0.144. The number of hydrogen-bond donors (Lipinski definition) is 2. The van der Waals surface area contributed by atoms with Gasteiger partial charge in [0.25, 0.3) is 0 Å². The van der Waals surface area contributed by atoms with Gasteiger partial charge in [0.15, 0.2) is 11.5 Å². The lowest BCUT2D eigenvalue weighted by Gasteiger charge is -2.16. The highest BCUT2D eigenvalue weighted by Crippen LogP contribution is 2.47. The Morgan fingerprint density at radius 1 is 0.868 bits per heavy atom. The molecule has 38 heavy (non-hydrogen) atoms. The predicted molar refractivity (Wildman–Crippen MR) is 144 cm³/mol. The van der Waals surface area contributed by atoms with Crippen LogP contribution in [0.5, 0.6) is 23.1 Å². The second kappa shape index (κ2) is 10.2. The van der Waals surface area contributed by atoms with E-state index in [0.29, 0.717) is 52.4 Å². The fourth-order valence-electron chi connectivity index (χ4n) is 4.03. The van der Waals surface area contributed by atoms with Crippen molar-refractivity contribution in [3.05, 3.63) is 71.5 Å². The molecule has 0 radical (unpaired) electrons.